The Labute approximate surface area is 110 Å². The highest BCUT2D eigenvalue weighted by Crippen LogP contribution is 2.28. The van der Waals surface area contributed by atoms with E-state index in [-0.39, 0.29) is 17.5 Å². The zero-order chi connectivity index (χ0) is 12.6. The summed E-state index contributed by atoms with van der Waals surface area (Å²) in [7, 11) is -0.957. The first-order chi connectivity index (χ1) is 7.89. The van der Waals surface area contributed by atoms with Crippen LogP contribution in [-0.2, 0) is 9.84 Å². The first kappa shape index (κ1) is 12.8. The Morgan fingerprint density at radius 1 is 1.53 bits per heavy atom. The van der Waals surface area contributed by atoms with E-state index in [1.54, 1.807) is 6.20 Å². The van der Waals surface area contributed by atoms with Gasteiger partial charge in [-0.3, -0.25) is 0 Å². The summed E-state index contributed by atoms with van der Waals surface area (Å²) in [6, 6.07) is 2.02. The van der Waals surface area contributed by atoms with Crippen molar-refractivity contribution < 1.29 is 8.42 Å². The predicted molar refractivity (Wildman–Crippen MR) is 72.1 cm³/mol. The van der Waals surface area contributed by atoms with Crippen LogP contribution in [0.4, 0.5) is 5.82 Å². The van der Waals surface area contributed by atoms with Crippen LogP contribution in [-0.4, -0.2) is 38.0 Å². The second-order valence-corrected chi connectivity index (χ2v) is 7.57. The number of halogens is 1. The highest BCUT2D eigenvalue weighted by molar-refractivity contribution is 9.10. The van der Waals surface area contributed by atoms with Crippen LogP contribution >= 0.6 is 15.9 Å². The lowest BCUT2D eigenvalue weighted by atomic mass is 10.2. The van der Waals surface area contributed by atoms with Crippen molar-refractivity contribution in [3.8, 4) is 0 Å². The summed E-state index contributed by atoms with van der Waals surface area (Å²) in [6.45, 7) is 1.97. The van der Waals surface area contributed by atoms with Gasteiger partial charge in [0.2, 0.25) is 0 Å². The average Bonchev–Trinajstić information content (AvgIpc) is 2.58. The summed E-state index contributed by atoms with van der Waals surface area (Å²) < 4.78 is 23.8. The fourth-order valence-electron chi connectivity index (χ4n) is 2.04. The van der Waals surface area contributed by atoms with Gasteiger partial charge in [-0.05, 0) is 40.9 Å². The number of nitrogens with zero attached hydrogens (tertiary/aromatic N) is 2. The Morgan fingerprint density at radius 2 is 2.24 bits per heavy atom. The molecule has 2 rings (SSSR count). The van der Waals surface area contributed by atoms with Gasteiger partial charge in [-0.1, -0.05) is 0 Å². The molecule has 0 bridgehead atoms. The number of hydrogen-bond acceptors (Lipinski definition) is 4. The van der Waals surface area contributed by atoms with Gasteiger partial charge in [0.25, 0.3) is 0 Å². The van der Waals surface area contributed by atoms with Gasteiger partial charge in [-0.2, -0.15) is 0 Å². The van der Waals surface area contributed by atoms with Crippen molar-refractivity contribution in [3.05, 3.63) is 22.3 Å². The molecule has 0 N–H and O–H groups in total. The molecule has 6 heteroatoms. The molecule has 0 amide bonds. The molecular weight excluding hydrogens is 304 g/mol. The molecule has 17 heavy (non-hydrogen) atoms. The van der Waals surface area contributed by atoms with E-state index < -0.39 is 9.84 Å². The van der Waals surface area contributed by atoms with Gasteiger partial charge in [0, 0.05) is 19.3 Å². The Kier molecular flexibility index (Phi) is 3.45. The van der Waals surface area contributed by atoms with Crippen molar-refractivity contribution >= 4 is 31.6 Å². The Balaban J connectivity index is 2.23. The Bertz CT molecular complexity index is 530. The van der Waals surface area contributed by atoms with E-state index in [1.165, 1.54) is 0 Å². The molecule has 1 unspecified atom stereocenters. The van der Waals surface area contributed by atoms with Gasteiger partial charge in [0.1, 0.15) is 5.82 Å². The summed E-state index contributed by atoms with van der Waals surface area (Å²) >= 11 is 3.47. The summed E-state index contributed by atoms with van der Waals surface area (Å²) in [4.78, 5) is 6.31. The molecule has 4 nitrogen and oxygen atoms in total. The van der Waals surface area contributed by atoms with Crippen LogP contribution in [0.3, 0.4) is 0 Å². The molecule has 1 saturated heterocycles. The van der Waals surface area contributed by atoms with Crippen LogP contribution in [0.25, 0.3) is 0 Å². The van der Waals surface area contributed by atoms with E-state index in [4.69, 9.17) is 0 Å². The normalized spacial score (nSPS) is 22.6. The van der Waals surface area contributed by atoms with Crippen LogP contribution in [0.15, 0.2) is 16.7 Å². The molecule has 0 aliphatic carbocycles. The maximum absolute atomic E-state index is 11.5. The molecule has 1 fully saturated rings. The van der Waals surface area contributed by atoms with E-state index in [0.717, 1.165) is 15.9 Å². The smallest absolute Gasteiger partial charge is 0.152 e. The van der Waals surface area contributed by atoms with Crippen molar-refractivity contribution in [1.82, 2.24) is 4.98 Å². The third kappa shape index (κ3) is 2.80. The van der Waals surface area contributed by atoms with Gasteiger partial charge >= 0.3 is 0 Å². The quantitative estimate of drug-likeness (QED) is 0.834. The number of sulfone groups is 1. The van der Waals surface area contributed by atoms with Crippen LogP contribution < -0.4 is 4.90 Å². The minimum absolute atomic E-state index is 0.0338. The summed E-state index contributed by atoms with van der Waals surface area (Å²) in [6.07, 6.45) is 2.47. The molecular formula is C11H15BrN2O2S. The van der Waals surface area contributed by atoms with E-state index in [9.17, 15) is 8.42 Å². The topological polar surface area (TPSA) is 50.3 Å². The molecule has 1 aromatic rings. The van der Waals surface area contributed by atoms with E-state index in [0.29, 0.717) is 6.42 Å². The lowest BCUT2D eigenvalue weighted by Crippen LogP contribution is -2.33. The summed E-state index contributed by atoms with van der Waals surface area (Å²) in [5.41, 5.74) is 1.08. The molecule has 0 radical (unpaired) electrons. The number of pyridine rings is 1. The molecule has 0 aromatic carbocycles. The maximum atomic E-state index is 11.5. The highest BCUT2D eigenvalue weighted by atomic mass is 79.9. The SMILES string of the molecule is Cc1cnc(N(C)C2CCS(=O)(=O)C2)c(Br)c1. The Morgan fingerprint density at radius 3 is 2.76 bits per heavy atom. The van der Waals surface area contributed by atoms with Gasteiger partial charge in [-0.25, -0.2) is 13.4 Å². The van der Waals surface area contributed by atoms with E-state index >= 15 is 0 Å². The largest absolute Gasteiger partial charge is 0.355 e. The van der Waals surface area contributed by atoms with Crippen molar-refractivity contribution in [2.75, 3.05) is 23.5 Å². The van der Waals surface area contributed by atoms with Crippen molar-refractivity contribution in [2.45, 2.75) is 19.4 Å². The fourth-order valence-corrected chi connectivity index (χ4v) is 4.56. The standard InChI is InChI=1S/C11H15BrN2O2S/c1-8-5-10(12)11(13-6-8)14(2)9-3-4-17(15,16)7-9/h5-6,9H,3-4,7H2,1-2H3. The minimum atomic E-state index is -2.85. The number of hydrogen-bond donors (Lipinski definition) is 0. The minimum Gasteiger partial charge on any atom is -0.355 e. The number of rotatable bonds is 2. The third-order valence-electron chi connectivity index (χ3n) is 3.05. The van der Waals surface area contributed by atoms with Crippen LogP contribution in [0.5, 0.6) is 0 Å². The number of aromatic nitrogens is 1. The van der Waals surface area contributed by atoms with Crippen LogP contribution in [0.1, 0.15) is 12.0 Å². The molecule has 1 aromatic heterocycles. The number of anilines is 1. The molecule has 1 aliphatic heterocycles. The predicted octanol–water partition coefficient (Wildman–Crippen LogP) is 1.78. The molecule has 1 aliphatic rings. The second kappa shape index (κ2) is 4.57. The van der Waals surface area contributed by atoms with Gasteiger partial charge in [0.05, 0.1) is 16.0 Å². The molecule has 1 atom stereocenters. The van der Waals surface area contributed by atoms with Crippen molar-refractivity contribution in [2.24, 2.45) is 0 Å². The maximum Gasteiger partial charge on any atom is 0.152 e. The molecule has 0 saturated carbocycles. The lowest BCUT2D eigenvalue weighted by Gasteiger charge is -2.25. The summed E-state index contributed by atoms with van der Waals surface area (Å²) in [5, 5.41) is 0. The van der Waals surface area contributed by atoms with Gasteiger partial charge in [0.15, 0.2) is 9.84 Å². The fraction of sp³-hybridized carbons (Fsp3) is 0.545. The zero-order valence-electron chi connectivity index (χ0n) is 9.85. The third-order valence-corrected chi connectivity index (χ3v) is 5.38. The zero-order valence-corrected chi connectivity index (χ0v) is 12.3. The lowest BCUT2D eigenvalue weighted by molar-refractivity contribution is 0.600. The van der Waals surface area contributed by atoms with E-state index in [2.05, 4.69) is 20.9 Å². The number of aryl methyl sites for hydroxylation is 1. The first-order valence-corrected chi connectivity index (χ1v) is 8.06. The molecule has 2 heterocycles. The van der Waals surface area contributed by atoms with E-state index in [1.807, 2.05) is 24.9 Å². The molecule has 94 valence electrons. The van der Waals surface area contributed by atoms with Crippen molar-refractivity contribution in [3.63, 3.8) is 0 Å². The van der Waals surface area contributed by atoms with Gasteiger partial charge < -0.3 is 4.90 Å². The average molecular weight is 319 g/mol. The van der Waals surface area contributed by atoms with Gasteiger partial charge in [-0.15, -0.1) is 0 Å². The second-order valence-electron chi connectivity index (χ2n) is 4.49. The highest BCUT2D eigenvalue weighted by Gasteiger charge is 2.31. The Hall–Kier alpha value is -0.620. The van der Waals surface area contributed by atoms with Crippen LogP contribution in [0, 0.1) is 6.92 Å². The summed E-state index contributed by atoms with van der Waals surface area (Å²) in [5.74, 6) is 1.31. The van der Waals surface area contributed by atoms with Crippen LogP contribution in [0.2, 0.25) is 0 Å². The van der Waals surface area contributed by atoms with Crippen molar-refractivity contribution in [1.29, 1.82) is 0 Å². The molecule has 0 spiro atoms. The monoisotopic (exact) mass is 318 g/mol. The first-order valence-electron chi connectivity index (χ1n) is 5.44.